The molecule has 0 spiro atoms. The highest BCUT2D eigenvalue weighted by atomic mass is 16.3. The topological polar surface area (TPSA) is 66.6 Å². The summed E-state index contributed by atoms with van der Waals surface area (Å²) < 4.78 is 0. The lowest BCUT2D eigenvalue weighted by molar-refractivity contribution is -0.140. The highest BCUT2D eigenvalue weighted by molar-refractivity contribution is 5.79. The Morgan fingerprint density at radius 2 is 1.82 bits per heavy atom. The fourth-order valence-corrected chi connectivity index (χ4v) is 3.14. The molecule has 1 aliphatic carbocycles. The van der Waals surface area contributed by atoms with Crippen LogP contribution in [0.15, 0.2) is 0 Å². The van der Waals surface area contributed by atoms with Crippen LogP contribution in [0.5, 0.6) is 0 Å². The number of likely N-dealkylation sites (tertiary alicyclic amines) is 1. The van der Waals surface area contributed by atoms with Gasteiger partial charge in [-0.25, -0.2) is 0 Å². The number of nitrogens with zero attached hydrogens (tertiary/aromatic N) is 1. The van der Waals surface area contributed by atoms with Crippen LogP contribution in [0, 0.1) is 11.8 Å². The van der Waals surface area contributed by atoms with E-state index in [0.717, 1.165) is 32.1 Å². The van der Waals surface area contributed by atoms with Crippen LogP contribution in [0.2, 0.25) is 0 Å². The molecule has 0 aromatic heterocycles. The second-order valence-corrected chi connectivity index (χ2v) is 5.44. The van der Waals surface area contributed by atoms with E-state index >= 15 is 0 Å². The molecule has 4 nitrogen and oxygen atoms in total. The van der Waals surface area contributed by atoms with Gasteiger partial charge in [-0.1, -0.05) is 12.8 Å². The van der Waals surface area contributed by atoms with E-state index in [1.54, 1.807) is 0 Å². The van der Waals surface area contributed by atoms with Crippen molar-refractivity contribution in [1.82, 2.24) is 4.90 Å². The van der Waals surface area contributed by atoms with Crippen molar-refractivity contribution in [2.24, 2.45) is 17.6 Å². The van der Waals surface area contributed by atoms with Gasteiger partial charge in [0.2, 0.25) is 5.91 Å². The molecule has 2 rings (SSSR count). The Hall–Kier alpha value is -0.610. The third-order valence-electron chi connectivity index (χ3n) is 4.31. The van der Waals surface area contributed by atoms with E-state index in [1.165, 1.54) is 6.42 Å². The van der Waals surface area contributed by atoms with Crippen LogP contribution in [0.25, 0.3) is 0 Å². The SMILES string of the molecule is NCC1CCCCC1C(=O)N1CCC(O)CC1. The molecule has 1 aliphatic heterocycles. The zero-order chi connectivity index (χ0) is 12.3. The van der Waals surface area contributed by atoms with Crippen molar-refractivity contribution in [3.05, 3.63) is 0 Å². The van der Waals surface area contributed by atoms with Gasteiger partial charge in [-0.2, -0.15) is 0 Å². The van der Waals surface area contributed by atoms with E-state index in [2.05, 4.69) is 0 Å². The average molecular weight is 240 g/mol. The minimum atomic E-state index is -0.212. The fraction of sp³-hybridized carbons (Fsp3) is 0.923. The van der Waals surface area contributed by atoms with Crippen LogP contribution in [0.4, 0.5) is 0 Å². The molecule has 1 heterocycles. The van der Waals surface area contributed by atoms with Crippen LogP contribution < -0.4 is 5.73 Å². The number of carbonyl (C=O) groups is 1. The first-order valence-electron chi connectivity index (χ1n) is 6.89. The van der Waals surface area contributed by atoms with E-state index in [1.807, 2.05) is 4.90 Å². The molecular weight excluding hydrogens is 216 g/mol. The smallest absolute Gasteiger partial charge is 0.226 e. The Balaban J connectivity index is 1.93. The molecule has 2 atom stereocenters. The van der Waals surface area contributed by atoms with Gasteiger partial charge in [0.1, 0.15) is 0 Å². The van der Waals surface area contributed by atoms with Crippen molar-refractivity contribution in [2.75, 3.05) is 19.6 Å². The highest BCUT2D eigenvalue weighted by Gasteiger charge is 2.33. The van der Waals surface area contributed by atoms with Gasteiger partial charge in [0, 0.05) is 19.0 Å². The number of hydrogen-bond acceptors (Lipinski definition) is 3. The monoisotopic (exact) mass is 240 g/mol. The average Bonchev–Trinajstić information content (AvgIpc) is 2.39. The van der Waals surface area contributed by atoms with Gasteiger partial charge in [0.05, 0.1) is 6.10 Å². The number of nitrogens with two attached hydrogens (primary N) is 1. The Labute approximate surface area is 103 Å². The van der Waals surface area contributed by atoms with Gasteiger partial charge in [-0.05, 0) is 38.1 Å². The molecular formula is C13H24N2O2. The summed E-state index contributed by atoms with van der Waals surface area (Å²) in [6, 6.07) is 0. The summed E-state index contributed by atoms with van der Waals surface area (Å²) in [6.45, 7) is 2.06. The zero-order valence-corrected chi connectivity index (χ0v) is 10.5. The van der Waals surface area contributed by atoms with Gasteiger partial charge in [0.25, 0.3) is 0 Å². The molecule has 2 unspecified atom stereocenters. The van der Waals surface area contributed by atoms with E-state index in [9.17, 15) is 9.90 Å². The van der Waals surface area contributed by atoms with Crippen LogP contribution in [-0.2, 0) is 4.79 Å². The Morgan fingerprint density at radius 3 is 2.47 bits per heavy atom. The van der Waals surface area contributed by atoms with Crippen LogP contribution in [0.3, 0.4) is 0 Å². The Morgan fingerprint density at radius 1 is 1.18 bits per heavy atom. The molecule has 2 aliphatic rings. The van der Waals surface area contributed by atoms with Gasteiger partial charge in [-0.15, -0.1) is 0 Å². The van der Waals surface area contributed by atoms with Crippen molar-refractivity contribution in [3.63, 3.8) is 0 Å². The van der Waals surface area contributed by atoms with Crippen molar-refractivity contribution >= 4 is 5.91 Å². The van der Waals surface area contributed by atoms with E-state index in [4.69, 9.17) is 5.73 Å². The number of piperidine rings is 1. The first-order valence-corrected chi connectivity index (χ1v) is 6.89. The molecule has 0 radical (unpaired) electrons. The minimum absolute atomic E-state index is 0.143. The third-order valence-corrected chi connectivity index (χ3v) is 4.31. The van der Waals surface area contributed by atoms with Crippen LogP contribution in [0.1, 0.15) is 38.5 Å². The van der Waals surface area contributed by atoms with Gasteiger partial charge >= 0.3 is 0 Å². The maximum Gasteiger partial charge on any atom is 0.226 e. The molecule has 0 bridgehead atoms. The molecule has 98 valence electrons. The van der Waals surface area contributed by atoms with Gasteiger partial charge in [0.15, 0.2) is 0 Å². The second-order valence-electron chi connectivity index (χ2n) is 5.44. The first-order chi connectivity index (χ1) is 8.22. The maximum atomic E-state index is 12.4. The zero-order valence-electron chi connectivity index (χ0n) is 10.5. The number of rotatable bonds is 2. The largest absolute Gasteiger partial charge is 0.393 e. The Kier molecular flexibility index (Phi) is 4.40. The van der Waals surface area contributed by atoms with E-state index < -0.39 is 0 Å². The van der Waals surface area contributed by atoms with Gasteiger partial charge in [-0.3, -0.25) is 4.79 Å². The first kappa shape index (κ1) is 12.8. The molecule has 4 heteroatoms. The molecule has 0 aromatic rings. The fourth-order valence-electron chi connectivity index (χ4n) is 3.14. The lowest BCUT2D eigenvalue weighted by Crippen LogP contribution is -2.46. The number of carbonyl (C=O) groups excluding carboxylic acids is 1. The molecule has 17 heavy (non-hydrogen) atoms. The predicted molar refractivity (Wildman–Crippen MR) is 66.3 cm³/mol. The quantitative estimate of drug-likeness (QED) is 0.748. The lowest BCUT2D eigenvalue weighted by atomic mass is 9.78. The summed E-state index contributed by atoms with van der Waals surface area (Å²) in [7, 11) is 0. The summed E-state index contributed by atoms with van der Waals surface area (Å²) in [4.78, 5) is 14.4. The number of amides is 1. The Bertz CT molecular complexity index is 262. The summed E-state index contributed by atoms with van der Waals surface area (Å²) in [5, 5.41) is 9.46. The second kappa shape index (κ2) is 5.83. The number of aliphatic hydroxyl groups excluding tert-OH is 1. The highest BCUT2D eigenvalue weighted by Crippen LogP contribution is 2.31. The number of aliphatic hydroxyl groups is 1. The van der Waals surface area contributed by atoms with Crippen molar-refractivity contribution in [3.8, 4) is 0 Å². The molecule has 3 N–H and O–H groups in total. The predicted octanol–water partition coefficient (Wildman–Crippen LogP) is 0.735. The minimum Gasteiger partial charge on any atom is -0.393 e. The van der Waals surface area contributed by atoms with E-state index in [-0.39, 0.29) is 17.9 Å². The summed E-state index contributed by atoms with van der Waals surface area (Å²) in [5.41, 5.74) is 5.77. The van der Waals surface area contributed by atoms with Crippen molar-refractivity contribution in [2.45, 2.75) is 44.6 Å². The summed E-state index contributed by atoms with van der Waals surface area (Å²) >= 11 is 0. The lowest BCUT2D eigenvalue weighted by Gasteiger charge is -2.36. The molecule has 1 saturated heterocycles. The normalized spacial score (nSPS) is 31.5. The van der Waals surface area contributed by atoms with E-state index in [0.29, 0.717) is 25.6 Å². The maximum absolute atomic E-state index is 12.4. The standard InChI is InChI=1S/C13H24N2O2/c14-9-10-3-1-2-4-12(10)13(17)15-7-5-11(16)6-8-15/h10-12,16H,1-9,14H2. The van der Waals surface area contributed by atoms with Crippen molar-refractivity contribution in [1.29, 1.82) is 0 Å². The number of hydrogen-bond donors (Lipinski definition) is 2. The molecule has 1 amide bonds. The molecule has 1 saturated carbocycles. The summed E-state index contributed by atoms with van der Waals surface area (Å²) in [6.07, 6.45) is 5.71. The molecule has 2 fully saturated rings. The third kappa shape index (κ3) is 2.99. The summed E-state index contributed by atoms with van der Waals surface area (Å²) in [5.74, 6) is 0.805. The van der Waals surface area contributed by atoms with Crippen LogP contribution in [-0.4, -0.2) is 41.7 Å². The van der Waals surface area contributed by atoms with Crippen molar-refractivity contribution < 1.29 is 9.90 Å². The molecule has 0 aromatic carbocycles. The van der Waals surface area contributed by atoms with Crippen LogP contribution >= 0.6 is 0 Å². The van der Waals surface area contributed by atoms with Gasteiger partial charge < -0.3 is 15.7 Å².